The van der Waals surface area contributed by atoms with Gasteiger partial charge in [-0.3, -0.25) is 0 Å². The van der Waals surface area contributed by atoms with Gasteiger partial charge in [0, 0.05) is 0 Å². The predicted octanol–water partition coefficient (Wildman–Crippen LogP) is 0.558. The molecule has 90 valence electrons. The van der Waals surface area contributed by atoms with E-state index in [4.69, 9.17) is 0 Å². The Labute approximate surface area is 100 Å². The summed E-state index contributed by atoms with van der Waals surface area (Å²) in [4.78, 5) is 0. The maximum absolute atomic E-state index is 11.0. The van der Waals surface area contributed by atoms with E-state index in [9.17, 15) is 8.42 Å². The molecule has 0 saturated carbocycles. The Kier molecular flexibility index (Phi) is 2.93. The van der Waals surface area contributed by atoms with Crippen molar-refractivity contribution in [2.45, 2.75) is 25.9 Å². The van der Waals surface area contributed by atoms with Gasteiger partial charge in [-0.1, -0.05) is 22.8 Å². The van der Waals surface area contributed by atoms with Crippen LogP contribution < -0.4 is 0 Å². The van der Waals surface area contributed by atoms with Gasteiger partial charge in [0.25, 0.3) is 5.16 Å². The van der Waals surface area contributed by atoms with E-state index in [2.05, 4.69) is 15.5 Å². The highest BCUT2D eigenvalue weighted by atomic mass is 32.2. The van der Waals surface area contributed by atoms with Crippen LogP contribution in [0.25, 0.3) is 5.69 Å². The number of hydrogen-bond acceptors (Lipinski definition) is 5. The summed E-state index contributed by atoms with van der Waals surface area (Å²) in [7, 11) is -2.81. The van der Waals surface area contributed by atoms with Crippen molar-refractivity contribution in [3.05, 3.63) is 28.8 Å². The van der Waals surface area contributed by atoms with Crippen LogP contribution in [-0.4, -0.2) is 28.6 Å². The first-order valence-electron chi connectivity index (χ1n) is 5.01. The molecule has 0 amide bonds. The molecular weight excluding hydrogens is 240 g/mol. The van der Waals surface area contributed by atoms with Gasteiger partial charge in [-0.2, -0.15) is 4.68 Å². The number of rotatable bonds is 2. The third-order valence-electron chi connectivity index (χ3n) is 2.46. The maximum Gasteiger partial charge on any atom is 0.269 e. The summed E-state index contributed by atoms with van der Waals surface area (Å²) in [5.41, 5.74) is 3.71. The first-order chi connectivity index (χ1) is 8.00. The highest BCUT2D eigenvalue weighted by Gasteiger charge is 2.14. The number of aryl methyl sites for hydroxylation is 3. The van der Waals surface area contributed by atoms with Crippen LogP contribution >= 0.6 is 0 Å². The molecule has 0 bridgehead atoms. The quantitative estimate of drug-likeness (QED) is 0.790. The molecule has 0 aliphatic carbocycles. The number of tetrazole rings is 1. The summed E-state index contributed by atoms with van der Waals surface area (Å²) in [6.07, 6.45) is 0. The minimum Gasteiger partial charge on any atom is -0.223 e. The minimum absolute atomic E-state index is 0.143. The molecule has 2 rings (SSSR count). The van der Waals surface area contributed by atoms with Gasteiger partial charge in [-0.05, 0) is 42.3 Å². The Balaban J connectivity index is 2.73. The molecule has 0 fully saturated rings. The van der Waals surface area contributed by atoms with Crippen LogP contribution in [0.2, 0.25) is 0 Å². The lowest BCUT2D eigenvalue weighted by Crippen LogP contribution is -2.06. The fourth-order valence-electron chi connectivity index (χ4n) is 1.95. The molecule has 0 atom stereocenters. The number of hydrogen-bond donors (Lipinski definition) is 1. The molecule has 0 N–H and O–H groups in total. The fraction of sp³-hybridized carbons (Fsp3) is 0.300. The second-order valence-corrected chi connectivity index (χ2v) is 4.81. The van der Waals surface area contributed by atoms with Crippen LogP contribution in [0.5, 0.6) is 0 Å². The lowest BCUT2D eigenvalue weighted by Gasteiger charge is -2.10. The molecule has 17 heavy (non-hydrogen) atoms. The second-order valence-electron chi connectivity index (χ2n) is 3.90. The average Bonchev–Trinajstić information content (AvgIpc) is 2.64. The lowest BCUT2D eigenvalue weighted by molar-refractivity contribution is 0.599. The van der Waals surface area contributed by atoms with E-state index in [0.29, 0.717) is 0 Å². The van der Waals surface area contributed by atoms with Crippen LogP contribution in [0.15, 0.2) is 17.3 Å². The van der Waals surface area contributed by atoms with Crippen molar-refractivity contribution in [1.29, 1.82) is 0 Å². The summed E-state index contributed by atoms with van der Waals surface area (Å²) in [6.45, 7) is 5.79. The number of benzene rings is 1. The van der Waals surface area contributed by atoms with Crippen molar-refractivity contribution in [2.24, 2.45) is 0 Å². The Morgan fingerprint density at radius 1 is 1.12 bits per heavy atom. The Bertz CT molecular complexity index is 615. The molecule has 2 aromatic rings. The molecular formula is C10H12N4O2S. The largest absolute Gasteiger partial charge is 0.269 e. The fourth-order valence-corrected chi connectivity index (χ4v) is 2.36. The Morgan fingerprint density at radius 3 is 2.24 bits per heavy atom. The smallest absolute Gasteiger partial charge is 0.223 e. The zero-order chi connectivity index (χ0) is 12.6. The SMILES string of the molecule is Cc1cc(C)c(-n2nnnc2[SH](=O)=O)c(C)c1. The molecule has 1 heterocycles. The topological polar surface area (TPSA) is 77.7 Å². The van der Waals surface area contributed by atoms with E-state index >= 15 is 0 Å². The van der Waals surface area contributed by atoms with Gasteiger partial charge in [0.1, 0.15) is 0 Å². The van der Waals surface area contributed by atoms with Crippen LogP contribution in [0.1, 0.15) is 16.7 Å². The van der Waals surface area contributed by atoms with Crippen LogP contribution in [0.3, 0.4) is 0 Å². The standard InChI is InChI=1S/C10H12N4O2S/c1-6-4-7(2)9(8(3)5-6)14-10(17(15)16)11-12-13-14/h4-5,17H,1-3H3. The van der Waals surface area contributed by atoms with Crippen molar-refractivity contribution in [2.75, 3.05) is 0 Å². The molecule has 6 nitrogen and oxygen atoms in total. The zero-order valence-electron chi connectivity index (χ0n) is 9.71. The summed E-state index contributed by atoms with van der Waals surface area (Å²) in [5, 5.41) is 10.5. The predicted molar refractivity (Wildman–Crippen MR) is 61.9 cm³/mol. The van der Waals surface area contributed by atoms with Crippen molar-refractivity contribution in [1.82, 2.24) is 20.2 Å². The molecule has 0 radical (unpaired) electrons. The van der Waals surface area contributed by atoms with E-state index in [1.165, 1.54) is 4.68 Å². The van der Waals surface area contributed by atoms with Crippen LogP contribution in [0, 0.1) is 20.8 Å². The van der Waals surface area contributed by atoms with Crippen LogP contribution in [-0.2, 0) is 10.7 Å². The number of thiol groups is 1. The van der Waals surface area contributed by atoms with Gasteiger partial charge in [-0.15, -0.1) is 0 Å². The van der Waals surface area contributed by atoms with Gasteiger partial charge >= 0.3 is 0 Å². The Morgan fingerprint density at radius 2 is 1.71 bits per heavy atom. The maximum atomic E-state index is 11.0. The van der Waals surface area contributed by atoms with Crippen molar-refractivity contribution in [3.63, 3.8) is 0 Å². The summed E-state index contributed by atoms with van der Waals surface area (Å²) in [5.74, 6) is 0. The van der Waals surface area contributed by atoms with E-state index in [0.717, 1.165) is 22.4 Å². The van der Waals surface area contributed by atoms with Gasteiger partial charge < -0.3 is 0 Å². The van der Waals surface area contributed by atoms with Gasteiger partial charge in [0.15, 0.2) is 0 Å². The lowest BCUT2D eigenvalue weighted by atomic mass is 10.1. The average molecular weight is 252 g/mol. The van der Waals surface area contributed by atoms with Crippen molar-refractivity contribution >= 4 is 10.7 Å². The minimum atomic E-state index is -2.81. The third kappa shape index (κ3) is 2.05. The number of aromatic nitrogens is 4. The molecule has 0 aliphatic rings. The highest BCUT2D eigenvalue weighted by molar-refractivity contribution is 7.72. The Hall–Kier alpha value is -1.76. The zero-order valence-corrected chi connectivity index (χ0v) is 10.6. The van der Waals surface area contributed by atoms with Gasteiger partial charge in [0.2, 0.25) is 10.7 Å². The summed E-state index contributed by atoms with van der Waals surface area (Å²) in [6, 6.07) is 3.93. The molecule has 0 saturated heterocycles. The van der Waals surface area contributed by atoms with E-state index in [1.54, 1.807) is 0 Å². The van der Waals surface area contributed by atoms with Gasteiger partial charge in [0.05, 0.1) is 5.69 Å². The summed E-state index contributed by atoms with van der Waals surface area (Å²) < 4.78 is 23.3. The third-order valence-corrected chi connectivity index (χ3v) is 3.07. The number of nitrogens with zero attached hydrogens (tertiary/aromatic N) is 4. The molecule has 0 unspecified atom stereocenters. The van der Waals surface area contributed by atoms with Gasteiger partial charge in [-0.25, -0.2) is 8.42 Å². The first-order valence-corrected chi connectivity index (χ1v) is 6.19. The van der Waals surface area contributed by atoms with E-state index in [-0.39, 0.29) is 5.16 Å². The monoisotopic (exact) mass is 252 g/mol. The molecule has 0 spiro atoms. The molecule has 1 aromatic carbocycles. The molecule has 7 heteroatoms. The van der Waals surface area contributed by atoms with Crippen LogP contribution in [0.4, 0.5) is 0 Å². The first kappa shape index (κ1) is 11.7. The van der Waals surface area contributed by atoms with E-state index in [1.807, 2.05) is 32.9 Å². The molecule has 1 aromatic heterocycles. The normalized spacial score (nSPS) is 11.1. The molecule has 0 aliphatic heterocycles. The highest BCUT2D eigenvalue weighted by Crippen LogP contribution is 2.20. The summed E-state index contributed by atoms with van der Waals surface area (Å²) >= 11 is 0. The van der Waals surface area contributed by atoms with E-state index < -0.39 is 10.7 Å². The second kappa shape index (κ2) is 4.25. The van der Waals surface area contributed by atoms with Crippen molar-refractivity contribution in [3.8, 4) is 5.69 Å². The van der Waals surface area contributed by atoms with Crippen molar-refractivity contribution < 1.29 is 8.42 Å².